The van der Waals surface area contributed by atoms with Crippen LogP contribution in [0.5, 0.6) is 0 Å². The van der Waals surface area contributed by atoms with Gasteiger partial charge in [-0.25, -0.2) is 0 Å². The van der Waals surface area contributed by atoms with E-state index in [4.69, 9.17) is 24.7 Å². The summed E-state index contributed by atoms with van der Waals surface area (Å²) >= 11 is 0. The van der Waals surface area contributed by atoms with E-state index in [1.54, 1.807) is 0 Å². The van der Waals surface area contributed by atoms with E-state index in [0.29, 0.717) is 17.8 Å². The molecule has 3 N–H and O–H groups in total. The minimum atomic E-state index is -3.04. The lowest BCUT2D eigenvalue weighted by Crippen LogP contribution is -2.63. The van der Waals surface area contributed by atoms with Crippen molar-refractivity contribution in [1.82, 2.24) is 0 Å². The molecule has 3 saturated carbocycles. The Morgan fingerprint density at radius 1 is 0.375 bits per heavy atom. The molecule has 0 saturated heterocycles. The van der Waals surface area contributed by atoms with Crippen LogP contribution in [0.25, 0.3) is 0 Å². The van der Waals surface area contributed by atoms with E-state index in [2.05, 4.69) is 85.1 Å². The lowest BCUT2D eigenvalue weighted by atomic mass is 9.84. The summed E-state index contributed by atoms with van der Waals surface area (Å²) in [6.45, 7) is 28.8. The van der Waals surface area contributed by atoms with Crippen molar-refractivity contribution < 1.29 is 40.0 Å². The molecule has 9 nitrogen and oxygen atoms in total. The van der Waals surface area contributed by atoms with Crippen LogP contribution >= 0.6 is 0 Å². The van der Waals surface area contributed by atoms with Gasteiger partial charge in [0.1, 0.15) is 0 Å². The summed E-state index contributed by atoms with van der Waals surface area (Å²) in [5.41, 5.74) is 0. The molecular weight excluding hydrogens is 821 g/mol. The SMILES string of the molecule is C[Si](C)(C)O[Si](C)(C)O[Si](C)(C)O[Si](C)(C)O[Si](CCCC1CCCCC1O)(CCCC1CCCCC1O)O[Si](C)(CCCC1CCCCC1O)O[Si](C)(C)C. The van der Waals surface area contributed by atoms with Gasteiger partial charge in [-0.3, -0.25) is 0 Å². The molecule has 0 heterocycles. The fraction of sp³-hybridized carbons (Fsp3) is 1.00. The molecule has 0 amide bonds. The summed E-state index contributed by atoms with van der Waals surface area (Å²) < 4.78 is 43.5. The predicted molar refractivity (Wildman–Crippen MR) is 249 cm³/mol. The van der Waals surface area contributed by atoms with Gasteiger partial charge in [0.25, 0.3) is 0 Å². The second-order valence-corrected chi connectivity index (χ2v) is 48.9. The summed E-state index contributed by atoms with van der Waals surface area (Å²) in [5, 5.41) is 32.8. The maximum Gasteiger partial charge on any atom is 0.320 e. The first-order chi connectivity index (χ1) is 25.7. The van der Waals surface area contributed by atoms with E-state index in [-0.39, 0.29) is 18.3 Å². The summed E-state index contributed by atoms with van der Waals surface area (Å²) in [5.74, 6) is 1.02. The molecule has 3 aliphatic rings. The Balaban J connectivity index is 1.99. The highest BCUT2D eigenvalue weighted by Gasteiger charge is 2.53. The predicted octanol–water partition coefficient (Wildman–Crippen LogP) is 11.4. The minimum Gasteiger partial charge on any atom is -0.437 e. The summed E-state index contributed by atoms with van der Waals surface area (Å²) in [6, 6.07) is 2.59. The van der Waals surface area contributed by atoms with E-state index < -0.39 is 59.4 Å². The van der Waals surface area contributed by atoms with Crippen LogP contribution in [0, 0.1) is 17.8 Å². The zero-order valence-electron chi connectivity index (χ0n) is 38.6. The van der Waals surface area contributed by atoms with Crippen LogP contribution in [0.2, 0.25) is 103 Å². The van der Waals surface area contributed by atoms with Crippen molar-refractivity contribution in [3.63, 3.8) is 0 Å². The van der Waals surface area contributed by atoms with E-state index in [1.165, 1.54) is 19.3 Å². The molecule has 0 radical (unpaired) electrons. The highest BCUT2D eigenvalue weighted by Crippen LogP contribution is 2.40. The van der Waals surface area contributed by atoms with E-state index >= 15 is 0 Å². The van der Waals surface area contributed by atoms with Crippen LogP contribution in [0.1, 0.15) is 116 Å². The normalized spacial score (nSPS) is 28.5. The maximum atomic E-state index is 11.0. The molecule has 7 atom stereocenters. The fourth-order valence-electron chi connectivity index (χ4n) is 10.5. The maximum absolute atomic E-state index is 11.0. The van der Waals surface area contributed by atoms with Crippen molar-refractivity contribution >= 4 is 59.4 Å². The van der Waals surface area contributed by atoms with Crippen molar-refractivity contribution in [2.45, 2.75) is 237 Å². The van der Waals surface area contributed by atoms with Crippen molar-refractivity contribution in [2.75, 3.05) is 0 Å². The van der Waals surface area contributed by atoms with Gasteiger partial charge < -0.3 is 40.0 Å². The largest absolute Gasteiger partial charge is 0.437 e. The van der Waals surface area contributed by atoms with Crippen molar-refractivity contribution in [3.05, 3.63) is 0 Å². The molecule has 56 heavy (non-hydrogen) atoms. The molecule has 7 unspecified atom stereocenters. The third kappa shape index (κ3) is 19.5. The number of hydrogen-bond donors (Lipinski definition) is 3. The second-order valence-electron chi connectivity index (χ2n) is 21.6. The highest BCUT2D eigenvalue weighted by molar-refractivity contribution is 6.92. The Labute approximate surface area is 352 Å². The fourth-order valence-corrected chi connectivity index (χ4v) is 45.5. The first-order valence-corrected chi connectivity index (χ1v) is 43.0. The lowest BCUT2D eigenvalue weighted by Gasteiger charge is -2.47. The van der Waals surface area contributed by atoms with Gasteiger partial charge in [0, 0.05) is 0 Å². The highest BCUT2D eigenvalue weighted by atomic mass is 28.5. The molecule has 0 aliphatic heterocycles. The molecule has 16 heteroatoms. The average Bonchev–Trinajstić information content (AvgIpc) is 3.00. The molecule has 0 aromatic carbocycles. The smallest absolute Gasteiger partial charge is 0.320 e. The lowest BCUT2D eigenvalue weighted by molar-refractivity contribution is 0.0640. The van der Waals surface area contributed by atoms with Crippen LogP contribution in [0.3, 0.4) is 0 Å². The second kappa shape index (κ2) is 22.0. The minimum absolute atomic E-state index is 0.194. The summed E-state index contributed by atoms with van der Waals surface area (Å²) in [7, 11) is -17.7. The van der Waals surface area contributed by atoms with Gasteiger partial charge in [-0.1, -0.05) is 57.8 Å². The zero-order chi connectivity index (χ0) is 42.1. The van der Waals surface area contributed by atoms with Crippen LogP contribution < -0.4 is 0 Å². The van der Waals surface area contributed by atoms with Crippen molar-refractivity contribution in [1.29, 1.82) is 0 Å². The van der Waals surface area contributed by atoms with E-state index in [9.17, 15) is 15.3 Å². The molecule has 0 spiro atoms. The molecule has 332 valence electrons. The standard InChI is InChI=1S/C40H90O9Si7/c1-50(2,3)44-52(7,8)46-53(9,10)47-54(11,12)48-56(33-21-27-36-24-15-18-30-39(36)42,34-22-28-37-25-16-19-31-40(37)43)49-55(13,45-51(4,5)6)32-20-26-35-23-14-17-29-38(35)41/h35-43H,14-34H2,1-13H3. The number of aliphatic hydroxyl groups excluding tert-OH is 3. The quantitative estimate of drug-likeness (QED) is 0.0814. The molecule has 3 fully saturated rings. The molecule has 0 bridgehead atoms. The van der Waals surface area contributed by atoms with Gasteiger partial charge in [0.05, 0.1) is 18.3 Å². The van der Waals surface area contributed by atoms with E-state index in [0.717, 1.165) is 114 Å². The van der Waals surface area contributed by atoms with Gasteiger partial charge in [0.2, 0.25) is 0 Å². The van der Waals surface area contributed by atoms with Gasteiger partial charge >= 0.3 is 42.8 Å². The first-order valence-electron chi connectivity index (χ1n) is 23.0. The van der Waals surface area contributed by atoms with Crippen LogP contribution in [-0.2, 0) is 24.7 Å². The molecule has 3 aliphatic carbocycles. The number of hydrogen-bond acceptors (Lipinski definition) is 9. The molecule has 0 aromatic heterocycles. The Hall–Kier alpha value is 1.16. The van der Waals surface area contributed by atoms with Crippen molar-refractivity contribution in [2.24, 2.45) is 17.8 Å². The molecule has 0 aromatic rings. The molecular formula is C40H90O9Si7. The Kier molecular flexibility index (Phi) is 20.2. The van der Waals surface area contributed by atoms with Crippen LogP contribution in [0.4, 0.5) is 0 Å². The van der Waals surface area contributed by atoms with Gasteiger partial charge in [-0.05, 0) is 179 Å². The average molecular weight is 912 g/mol. The van der Waals surface area contributed by atoms with Gasteiger partial charge in [-0.2, -0.15) is 0 Å². The Bertz CT molecular complexity index is 1120. The van der Waals surface area contributed by atoms with Crippen LogP contribution in [-0.4, -0.2) is 93.1 Å². The summed E-state index contributed by atoms with van der Waals surface area (Å²) in [4.78, 5) is 0. The summed E-state index contributed by atoms with van der Waals surface area (Å²) in [6.07, 6.45) is 18.2. The Morgan fingerprint density at radius 3 is 1.05 bits per heavy atom. The third-order valence-corrected chi connectivity index (χ3v) is 38.6. The van der Waals surface area contributed by atoms with Gasteiger partial charge in [0.15, 0.2) is 16.6 Å². The topological polar surface area (TPSA) is 116 Å². The number of aliphatic hydroxyl groups is 3. The third-order valence-electron chi connectivity index (χ3n) is 12.0. The first kappa shape index (κ1) is 51.5. The Morgan fingerprint density at radius 2 is 0.696 bits per heavy atom. The zero-order valence-corrected chi connectivity index (χ0v) is 45.6. The van der Waals surface area contributed by atoms with Crippen molar-refractivity contribution in [3.8, 4) is 0 Å². The van der Waals surface area contributed by atoms with Gasteiger partial charge in [-0.15, -0.1) is 0 Å². The van der Waals surface area contributed by atoms with Crippen LogP contribution in [0.15, 0.2) is 0 Å². The molecule has 3 rings (SSSR count). The number of rotatable bonds is 24. The van der Waals surface area contributed by atoms with E-state index in [1.807, 2.05) is 0 Å². The monoisotopic (exact) mass is 910 g/mol.